The number of rotatable bonds is 6. The molecule has 0 saturated heterocycles. The average molecular weight is 305 g/mol. The van der Waals surface area contributed by atoms with Crippen molar-refractivity contribution in [2.45, 2.75) is 57.9 Å². The van der Waals surface area contributed by atoms with Crippen LogP contribution in [0.2, 0.25) is 0 Å². The van der Waals surface area contributed by atoms with Crippen molar-refractivity contribution in [3.8, 4) is 11.5 Å². The largest absolute Gasteiger partial charge is 0.494 e. The average Bonchev–Trinajstić information content (AvgIpc) is 2.49. The van der Waals surface area contributed by atoms with Gasteiger partial charge < -0.3 is 14.8 Å². The fourth-order valence-electron chi connectivity index (χ4n) is 2.82. The van der Waals surface area contributed by atoms with E-state index in [0.717, 1.165) is 18.6 Å². The monoisotopic (exact) mass is 305 g/mol. The summed E-state index contributed by atoms with van der Waals surface area (Å²) in [5.74, 6) is 1.48. The van der Waals surface area contributed by atoms with Crippen LogP contribution in [0.3, 0.4) is 0 Å². The van der Waals surface area contributed by atoms with Crippen molar-refractivity contribution in [2.75, 3.05) is 13.2 Å². The summed E-state index contributed by atoms with van der Waals surface area (Å²) < 4.78 is 10.9. The van der Waals surface area contributed by atoms with E-state index < -0.39 is 0 Å². The van der Waals surface area contributed by atoms with E-state index in [0.29, 0.717) is 18.4 Å². The standard InChI is InChI=1S/C18H27NO3/c1-2-21-16-10-12-17(13-11-16)22-14-18(20)19-15-8-6-4-3-5-7-9-15/h10-13,15H,2-9,14H2,1H3,(H,19,20). The van der Waals surface area contributed by atoms with Crippen molar-refractivity contribution in [3.05, 3.63) is 24.3 Å². The summed E-state index contributed by atoms with van der Waals surface area (Å²) in [5.41, 5.74) is 0. The number of nitrogens with one attached hydrogen (secondary N) is 1. The van der Waals surface area contributed by atoms with Gasteiger partial charge in [-0.1, -0.05) is 32.1 Å². The predicted molar refractivity (Wildman–Crippen MR) is 87.4 cm³/mol. The van der Waals surface area contributed by atoms with Crippen molar-refractivity contribution in [2.24, 2.45) is 0 Å². The number of carbonyl (C=O) groups is 1. The molecular formula is C18H27NO3. The molecule has 1 aliphatic carbocycles. The lowest BCUT2D eigenvalue weighted by Gasteiger charge is -2.21. The van der Waals surface area contributed by atoms with Crippen molar-refractivity contribution < 1.29 is 14.3 Å². The van der Waals surface area contributed by atoms with Gasteiger partial charge >= 0.3 is 0 Å². The summed E-state index contributed by atoms with van der Waals surface area (Å²) in [6.45, 7) is 2.67. The van der Waals surface area contributed by atoms with E-state index in [1.807, 2.05) is 31.2 Å². The zero-order valence-electron chi connectivity index (χ0n) is 13.5. The third-order valence-corrected chi connectivity index (χ3v) is 3.97. The Kier molecular flexibility index (Phi) is 7.07. The lowest BCUT2D eigenvalue weighted by atomic mass is 9.97. The zero-order valence-corrected chi connectivity index (χ0v) is 13.5. The van der Waals surface area contributed by atoms with Crippen LogP contribution in [0.15, 0.2) is 24.3 Å². The van der Waals surface area contributed by atoms with Crippen LogP contribution >= 0.6 is 0 Å². The maximum atomic E-state index is 12.0. The number of hydrogen-bond acceptors (Lipinski definition) is 3. The third-order valence-electron chi connectivity index (χ3n) is 3.97. The van der Waals surface area contributed by atoms with Gasteiger partial charge in [-0.25, -0.2) is 0 Å². The van der Waals surface area contributed by atoms with Gasteiger partial charge in [0.2, 0.25) is 0 Å². The molecule has 0 heterocycles. The lowest BCUT2D eigenvalue weighted by molar-refractivity contribution is -0.123. The first-order valence-corrected chi connectivity index (χ1v) is 8.43. The molecule has 4 heteroatoms. The number of ether oxygens (including phenoxy) is 2. The highest BCUT2D eigenvalue weighted by Crippen LogP contribution is 2.18. The summed E-state index contributed by atoms with van der Waals surface area (Å²) >= 11 is 0. The molecule has 0 radical (unpaired) electrons. The highest BCUT2D eigenvalue weighted by Gasteiger charge is 2.14. The van der Waals surface area contributed by atoms with E-state index in [1.165, 1.54) is 32.1 Å². The van der Waals surface area contributed by atoms with Crippen molar-refractivity contribution in [3.63, 3.8) is 0 Å². The van der Waals surface area contributed by atoms with E-state index in [2.05, 4.69) is 5.32 Å². The molecule has 0 bridgehead atoms. The first-order valence-electron chi connectivity index (χ1n) is 8.43. The van der Waals surface area contributed by atoms with Gasteiger partial charge in [0, 0.05) is 6.04 Å². The van der Waals surface area contributed by atoms with Crippen LogP contribution < -0.4 is 14.8 Å². The molecule has 2 rings (SSSR count). The molecule has 1 aromatic rings. The van der Waals surface area contributed by atoms with E-state index in [9.17, 15) is 4.79 Å². The molecule has 0 aromatic heterocycles. The van der Waals surface area contributed by atoms with Crippen molar-refractivity contribution in [1.82, 2.24) is 5.32 Å². The van der Waals surface area contributed by atoms with Gasteiger partial charge in [0.15, 0.2) is 6.61 Å². The van der Waals surface area contributed by atoms with Crippen LogP contribution in [-0.4, -0.2) is 25.2 Å². The molecule has 0 unspecified atom stereocenters. The third kappa shape index (κ3) is 5.96. The Hall–Kier alpha value is -1.71. The fourth-order valence-corrected chi connectivity index (χ4v) is 2.82. The van der Waals surface area contributed by atoms with Gasteiger partial charge in [-0.15, -0.1) is 0 Å². The quantitative estimate of drug-likeness (QED) is 0.872. The summed E-state index contributed by atoms with van der Waals surface area (Å²) in [5, 5.41) is 3.10. The molecular weight excluding hydrogens is 278 g/mol. The lowest BCUT2D eigenvalue weighted by Crippen LogP contribution is -2.38. The van der Waals surface area contributed by atoms with Gasteiger partial charge in [0.25, 0.3) is 5.91 Å². The minimum Gasteiger partial charge on any atom is -0.494 e. The van der Waals surface area contributed by atoms with E-state index >= 15 is 0 Å². The van der Waals surface area contributed by atoms with Crippen LogP contribution in [0.5, 0.6) is 11.5 Å². The molecule has 122 valence electrons. The minimum atomic E-state index is -0.0283. The molecule has 1 aromatic carbocycles. The van der Waals surface area contributed by atoms with Gasteiger partial charge in [-0.2, -0.15) is 0 Å². The second-order valence-electron chi connectivity index (χ2n) is 5.80. The van der Waals surface area contributed by atoms with Crippen LogP contribution in [0.1, 0.15) is 51.9 Å². The van der Waals surface area contributed by atoms with E-state index in [1.54, 1.807) is 0 Å². The second kappa shape index (κ2) is 9.34. The summed E-state index contributed by atoms with van der Waals surface area (Å²) in [6.07, 6.45) is 8.52. The highest BCUT2D eigenvalue weighted by atomic mass is 16.5. The van der Waals surface area contributed by atoms with Crippen molar-refractivity contribution in [1.29, 1.82) is 0 Å². The topological polar surface area (TPSA) is 47.6 Å². The van der Waals surface area contributed by atoms with Gasteiger partial charge in [-0.05, 0) is 44.0 Å². The first-order chi connectivity index (χ1) is 10.8. The minimum absolute atomic E-state index is 0.0283. The Morgan fingerprint density at radius 3 is 2.14 bits per heavy atom. The van der Waals surface area contributed by atoms with E-state index in [4.69, 9.17) is 9.47 Å². The Balaban J connectivity index is 1.72. The number of carbonyl (C=O) groups excluding carboxylic acids is 1. The Morgan fingerprint density at radius 2 is 1.55 bits per heavy atom. The van der Waals surface area contributed by atoms with Crippen LogP contribution in [0.4, 0.5) is 0 Å². The van der Waals surface area contributed by atoms with Gasteiger partial charge in [0.05, 0.1) is 6.61 Å². The SMILES string of the molecule is CCOc1ccc(OCC(=O)NC2CCCCCCC2)cc1. The summed E-state index contributed by atoms with van der Waals surface area (Å²) in [6, 6.07) is 7.68. The smallest absolute Gasteiger partial charge is 0.258 e. The Morgan fingerprint density at radius 1 is 1.00 bits per heavy atom. The Labute approximate surface area is 133 Å². The second-order valence-corrected chi connectivity index (χ2v) is 5.80. The molecule has 1 saturated carbocycles. The molecule has 1 amide bonds. The van der Waals surface area contributed by atoms with Crippen molar-refractivity contribution >= 4 is 5.91 Å². The summed E-state index contributed by atoms with van der Waals surface area (Å²) in [4.78, 5) is 12.0. The molecule has 1 fully saturated rings. The molecule has 1 aliphatic rings. The molecule has 22 heavy (non-hydrogen) atoms. The highest BCUT2D eigenvalue weighted by molar-refractivity contribution is 5.77. The molecule has 4 nitrogen and oxygen atoms in total. The molecule has 0 aliphatic heterocycles. The van der Waals surface area contributed by atoms with E-state index in [-0.39, 0.29) is 12.5 Å². The normalized spacial score (nSPS) is 16.4. The van der Waals surface area contributed by atoms with Crippen LogP contribution in [0.25, 0.3) is 0 Å². The number of amides is 1. The maximum Gasteiger partial charge on any atom is 0.258 e. The van der Waals surface area contributed by atoms with Gasteiger partial charge in [-0.3, -0.25) is 4.79 Å². The molecule has 0 spiro atoms. The molecule has 1 N–H and O–H groups in total. The van der Waals surface area contributed by atoms with Crippen LogP contribution in [-0.2, 0) is 4.79 Å². The zero-order chi connectivity index (χ0) is 15.6. The van der Waals surface area contributed by atoms with Gasteiger partial charge in [0.1, 0.15) is 11.5 Å². The fraction of sp³-hybridized carbons (Fsp3) is 0.611. The Bertz CT molecular complexity index is 436. The maximum absolute atomic E-state index is 12.0. The number of hydrogen-bond donors (Lipinski definition) is 1. The van der Waals surface area contributed by atoms with Crippen LogP contribution in [0, 0.1) is 0 Å². The number of benzene rings is 1. The predicted octanol–water partition coefficient (Wildman–Crippen LogP) is 3.69. The first kappa shape index (κ1) is 16.7. The molecule has 0 atom stereocenters. The summed E-state index contributed by atoms with van der Waals surface area (Å²) in [7, 11) is 0.